The van der Waals surface area contributed by atoms with Crippen LogP contribution >= 0.6 is 0 Å². The van der Waals surface area contributed by atoms with Gasteiger partial charge in [0.05, 0.1) is 24.9 Å². The zero-order valence-electron chi connectivity index (χ0n) is 19.1. The largest absolute Gasteiger partial charge is 0.431 e. The van der Waals surface area contributed by atoms with Gasteiger partial charge >= 0.3 is 12.0 Å². The Morgan fingerprint density at radius 3 is 2.45 bits per heavy atom. The summed E-state index contributed by atoms with van der Waals surface area (Å²) in [6.45, 7) is 5.57. The average Bonchev–Trinajstić information content (AvgIpc) is 2.99. The molecule has 9 heteroatoms. The minimum Gasteiger partial charge on any atom is -0.386 e. The van der Waals surface area contributed by atoms with Crippen molar-refractivity contribution in [1.29, 1.82) is 0 Å². The molecule has 2 saturated heterocycles. The second kappa shape index (κ2) is 6.39. The second-order valence-electron chi connectivity index (χ2n) is 10.4. The lowest BCUT2D eigenvalue weighted by Gasteiger charge is -2.31. The minimum absolute atomic E-state index is 0.00174. The molecular weight excluding hydrogens is 438 g/mol. The highest BCUT2D eigenvalue weighted by atomic mass is 19.4. The quantitative estimate of drug-likeness (QED) is 0.316. The highest BCUT2D eigenvalue weighted by Gasteiger charge is 2.94. The van der Waals surface area contributed by atoms with Gasteiger partial charge in [-0.15, -0.1) is 0 Å². The van der Waals surface area contributed by atoms with Gasteiger partial charge in [0.15, 0.2) is 0 Å². The molecule has 0 saturated carbocycles. The summed E-state index contributed by atoms with van der Waals surface area (Å²) in [6.07, 6.45) is -4.24. The van der Waals surface area contributed by atoms with E-state index in [2.05, 4.69) is 0 Å². The number of alkyl halides is 4. The zero-order chi connectivity index (χ0) is 24.2. The van der Waals surface area contributed by atoms with E-state index in [1.807, 2.05) is 6.92 Å². The summed E-state index contributed by atoms with van der Waals surface area (Å²) in [5, 5.41) is 10.3. The number of hydrogen-bond donors (Lipinski definition) is 1. The van der Waals surface area contributed by atoms with Gasteiger partial charge in [-0.25, -0.2) is 0 Å². The third-order valence-electron chi connectivity index (χ3n) is 8.24. The summed E-state index contributed by atoms with van der Waals surface area (Å²) in [7, 11) is 1.75. The smallest absolute Gasteiger partial charge is 0.386 e. The number of aromatic nitrogens is 1. The van der Waals surface area contributed by atoms with E-state index in [1.54, 1.807) is 39.1 Å². The van der Waals surface area contributed by atoms with Crippen LogP contribution in [0.5, 0.6) is 0 Å². The topological polar surface area (TPSA) is 45.5 Å². The maximum absolute atomic E-state index is 16.6. The predicted octanol–water partition coefficient (Wildman–Crippen LogP) is 3.92. The molecule has 1 unspecified atom stereocenters. The Hall–Kier alpha value is -2.39. The highest BCUT2D eigenvalue weighted by molar-refractivity contribution is 5.94. The molecule has 2 fully saturated rings. The van der Waals surface area contributed by atoms with Crippen LogP contribution in [0.4, 0.5) is 17.6 Å². The lowest BCUT2D eigenvalue weighted by atomic mass is 9.89. The van der Waals surface area contributed by atoms with Gasteiger partial charge in [-0.2, -0.15) is 17.6 Å². The maximum Gasteiger partial charge on any atom is 0.431 e. The molecule has 5 rings (SSSR count). The summed E-state index contributed by atoms with van der Waals surface area (Å²) in [5.74, 6) is -2.14. The summed E-state index contributed by atoms with van der Waals surface area (Å²) >= 11 is 0. The van der Waals surface area contributed by atoms with E-state index in [4.69, 9.17) is 0 Å². The number of likely N-dealkylation sites (N-methyl/N-ethyl adjacent to an activating group) is 1. The van der Waals surface area contributed by atoms with Crippen molar-refractivity contribution in [1.82, 2.24) is 9.47 Å². The van der Waals surface area contributed by atoms with Crippen molar-refractivity contribution < 1.29 is 31.9 Å². The first-order valence-corrected chi connectivity index (χ1v) is 11.1. The van der Waals surface area contributed by atoms with Crippen molar-refractivity contribution in [2.75, 3.05) is 26.7 Å². The zero-order valence-corrected chi connectivity index (χ0v) is 19.1. The number of aryl methyl sites for hydroxylation is 1. The van der Waals surface area contributed by atoms with Gasteiger partial charge in [-0.1, -0.05) is 6.07 Å². The van der Waals surface area contributed by atoms with Crippen LogP contribution in [0, 0.1) is 6.92 Å². The second-order valence-corrected chi connectivity index (χ2v) is 10.4. The lowest BCUT2D eigenvalue weighted by molar-refractivity contribution is -0.851. The van der Waals surface area contributed by atoms with E-state index < -0.39 is 28.8 Å². The molecular formula is C24H28F4N3O2+. The SMILES string of the molecule is Cc1cc(C(=O)N2CC[C@@]34c5ccc(C(F)(F)F)n5CC[N+]3(C)[C@@]4(F)C2)ccc1C(C)(C)O. The Morgan fingerprint density at radius 1 is 1.15 bits per heavy atom. The molecule has 3 aliphatic heterocycles. The van der Waals surface area contributed by atoms with Crippen molar-refractivity contribution >= 4 is 5.91 Å². The molecule has 3 aliphatic rings. The Bertz CT molecular complexity index is 1170. The Labute approximate surface area is 189 Å². The van der Waals surface area contributed by atoms with Crippen molar-refractivity contribution in [3.05, 3.63) is 58.4 Å². The number of quaternary nitrogens is 1. The molecule has 4 heterocycles. The number of halogens is 4. The number of rotatable bonds is 2. The standard InChI is InChI=1S/C24H28F4N3O2/c1-15-13-16(5-6-17(15)21(2,3)33)20(32)29-10-9-22-18-7-8-19(24(26,27)28)30(18)11-12-31(22,4)23(22,25)14-29/h5-8,13,33H,9-12,14H2,1-4H3/q+1/t22-,23-,31?/m0/s1. The Kier molecular flexibility index (Phi) is 4.34. The van der Waals surface area contributed by atoms with Gasteiger partial charge in [0.25, 0.3) is 5.91 Å². The van der Waals surface area contributed by atoms with Crippen LogP contribution in [0.2, 0.25) is 0 Å². The summed E-state index contributed by atoms with van der Waals surface area (Å²) in [4.78, 5) is 14.7. The van der Waals surface area contributed by atoms with Crippen molar-refractivity contribution in [2.24, 2.45) is 0 Å². The number of hydrogen-bond acceptors (Lipinski definition) is 2. The fourth-order valence-corrected chi connectivity index (χ4v) is 6.55. The van der Waals surface area contributed by atoms with Crippen LogP contribution in [0.25, 0.3) is 0 Å². The fourth-order valence-electron chi connectivity index (χ4n) is 6.55. The number of carbonyl (C=O) groups is 1. The van der Waals surface area contributed by atoms with Crippen molar-refractivity contribution in [3.8, 4) is 0 Å². The van der Waals surface area contributed by atoms with Crippen molar-refractivity contribution in [2.45, 2.75) is 56.8 Å². The molecule has 0 bridgehead atoms. The third-order valence-corrected chi connectivity index (χ3v) is 8.24. The van der Waals surface area contributed by atoms with E-state index in [0.29, 0.717) is 16.8 Å². The molecule has 0 radical (unpaired) electrons. The normalized spacial score (nSPS) is 31.0. The van der Waals surface area contributed by atoms with Gasteiger partial charge in [-0.05, 0) is 56.2 Å². The predicted molar refractivity (Wildman–Crippen MR) is 113 cm³/mol. The number of amides is 1. The van der Waals surface area contributed by atoms with E-state index in [-0.39, 0.29) is 43.0 Å². The van der Waals surface area contributed by atoms with Crippen LogP contribution in [0.1, 0.15) is 53.1 Å². The highest BCUT2D eigenvalue weighted by Crippen LogP contribution is 2.71. The molecule has 1 aromatic carbocycles. The number of likely N-dealkylation sites (tertiary alicyclic amines) is 1. The minimum atomic E-state index is -4.49. The summed E-state index contributed by atoms with van der Waals surface area (Å²) in [6, 6.07) is 7.50. The van der Waals surface area contributed by atoms with Crippen LogP contribution in [0.15, 0.2) is 30.3 Å². The van der Waals surface area contributed by atoms with E-state index in [9.17, 15) is 23.1 Å². The van der Waals surface area contributed by atoms with Gasteiger partial charge < -0.3 is 14.6 Å². The fraction of sp³-hybridized carbons (Fsp3) is 0.542. The maximum atomic E-state index is 16.6. The number of piperidine rings is 1. The van der Waals surface area contributed by atoms with E-state index in [0.717, 1.165) is 11.6 Å². The molecule has 3 atom stereocenters. The van der Waals surface area contributed by atoms with Gasteiger partial charge in [0.1, 0.15) is 18.8 Å². The first kappa shape index (κ1) is 22.4. The lowest BCUT2D eigenvalue weighted by Crippen LogP contribution is -2.47. The molecule has 178 valence electrons. The molecule has 33 heavy (non-hydrogen) atoms. The third kappa shape index (κ3) is 2.69. The van der Waals surface area contributed by atoms with Crippen LogP contribution in [-0.4, -0.2) is 57.4 Å². The number of nitrogens with zero attached hydrogens (tertiary/aromatic N) is 3. The van der Waals surface area contributed by atoms with E-state index in [1.165, 1.54) is 15.5 Å². The average molecular weight is 466 g/mol. The van der Waals surface area contributed by atoms with Crippen LogP contribution in [0.3, 0.4) is 0 Å². The van der Waals surface area contributed by atoms with Gasteiger partial charge in [0, 0.05) is 18.5 Å². The molecule has 2 aromatic rings. The first-order chi connectivity index (χ1) is 15.2. The van der Waals surface area contributed by atoms with E-state index >= 15 is 4.39 Å². The molecule has 1 amide bonds. The molecule has 1 N–H and O–H groups in total. The molecule has 1 spiro atoms. The number of fused-ring (bicyclic) bond motifs is 2. The monoisotopic (exact) mass is 466 g/mol. The van der Waals surface area contributed by atoms with Crippen LogP contribution in [-0.2, 0) is 23.9 Å². The Morgan fingerprint density at radius 2 is 1.85 bits per heavy atom. The summed E-state index contributed by atoms with van der Waals surface area (Å²) < 4.78 is 58.2. The van der Waals surface area contributed by atoms with Gasteiger partial charge in [0.2, 0.25) is 5.54 Å². The molecule has 5 nitrogen and oxygen atoms in total. The molecule has 0 aliphatic carbocycles. The molecule has 1 aromatic heterocycles. The number of carbonyl (C=O) groups excluding carboxylic acids is 1. The van der Waals surface area contributed by atoms with Crippen LogP contribution < -0.4 is 0 Å². The number of aliphatic hydroxyl groups is 1. The first-order valence-electron chi connectivity index (χ1n) is 11.1. The Balaban J connectivity index is 1.45. The summed E-state index contributed by atoms with van der Waals surface area (Å²) in [5.41, 5.74) is -0.603. The van der Waals surface area contributed by atoms with Crippen molar-refractivity contribution in [3.63, 3.8) is 0 Å². The van der Waals surface area contributed by atoms with Gasteiger partial charge in [-0.3, -0.25) is 9.28 Å². The number of benzene rings is 1.